The summed E-state index contributed by atoms with van der Waals surface area (Å²) in [5, 5.41) is 3.19. The van der Waals surface area contributed by atoms with Crippen molar-refractivity contribution in [1.82, 2.24) is 4.90 Å². The molecule has 2 rings (SSSR count). The Morgan fingerprint density at radius 3 is 2.44 bits per heavy atom. The SMILES string of the molecule is Cc1cc(C)cc(NCC(=O)N2CCOCC2)c1. The number of hydrogen-bond donors (Lipinski definition) is 1. The molecular weight excluding hydrogens is 228 g/mol. The highest BCUT2D eigenvalue weighted by atomic mass is 16.5. The van der Waals surface area contributed by atoms with Crippen molar-refractivity contribution in [3.63, 3.8) is 0 Å². The van der Waals surface area contributed by atoms with Crippen LogP contribution in [0.3, 0.4) is 0 Å². The average molecular weight is 248 g/mol. The second-order valence-corrected chi connectivity index (χ2v) is 4.72. The Balaban J connectivity index is 1.88. The Hall–Kier alpha value is -1.55. The minimum Gasteiger partial charge on any atom is -0.378 e. The highest BCUT2D eigenvalue weighted by Gasteiger charge is 2.16. The normalized spacial score (nSPS) is 15.6. The maximum atomic E-state index is 11.9. The minimum absolute atomic E-state index is 0.137. The molecule has 1 saturated heterocycles. The number of carbonyl (C=O) groups is 1. The zero-order valence-electron chi connectivity index (χ0n) is 11.0. The zero-order valence-corrected chi connectivity index (χ0v) is 11.0. The molecule has 0 unspecified atom stereocenters. The van der Waals surface area contributed by atoms with Gasteiger partial charge in [-0.25, -0.2) is 0 Å². The topological polar surface area (TPSA) is 41.6 Å². The van der Waals surface area contributed by atoms with Gasteiger partial charge in [-0.1, -0.05) is 6.07 Å². The van der Waals surface area contributed by atoms with E-state index in [2.05, 4.69) is 37.4 Å². The van der Waals surface area contributed by atoms with Crippen molar-refractivity contribution in [2.75, 3.05) is 38.2 Å². The van der Waals surface area contributed by atoms with E-state index in [-0.39, 0.29) is 5.91 Å². The van der Waals surface area contributed by atoms with Gasteiger partial charge in [0.05, 0.1) is 19.8 Å². The number of rotatable bonds is 3. The molecule has 18 heavy (non-hydrogen) atoms. The molecule has 0 bridgehead atoms. The Kier molecular flexibility index (Phi) is 4.20. The van der Waals surface area contributed by atoms with Gasteiger partial charge in [-0.15, -0.1) is 0 Å². The maximum absolute atomic E-state index is 11.9. The lowest BCUT2D eigenvalue weighted by atomic mass is 10.1. The lowest BCUT2D eigenvalue weighted by Gasteiger charge is -2.27. The van der Waals surface area contributed by atoms with Gasteiger partial charge in [0.15, 0.2) is 0 Å². The molecule has 1 amide bonds. The summed E-state index contributed by atoms with van der Waals surface area (Å²) >= 11 is 0. The third-order valence-corrected chi connectivity index (χ3v) is 3.03. The van der Waals surface area contributed by atoms with Crippen molar-refractivity contribution in [1.29, 1.82) is 0 Å². The molecule has 1 heterocycles. The van der Waals surface area contributed by atoms with Gasteiger partial charge in [-0.05, 0) is 37.1 Å². The summed E-state index contributed by atoms with van der Waals surface area (Å²) < 4.78 is 5.23. The first-order valence-electron chi connectivity index (χ1n) is 6.33. The molecule has 0 aliphatic carbocycles. The Morgan fingerprint density at radius 2 is 1.83 bits per heavy atom. The molecule has 1 N–H and O–H groups in total. The fourth-order valence-corrected chi connectivity index (χ4v) is 2.18. The summed E-state index contributed by atoms with van der Waals surface area (Å²) in [6, 6.07) is 6.23. The molecule has 4 heteroatoms. The first-order chi connectivity index (χ1) is 8.65. The molecule has 4 nitrogen and oxygen atoms in total. The Bertz CT molecular complexity index is 406. The number of anilines is 1. The number of aryl methyl sites for hydroxylation is 2. The zero-order chi connectivity index (χ0) is 13.0. The van der Waals surface area contributed by atoms with Crippen LogP contribution in [-0.2, 0) is 9.53 Å². The van der Waals surface area contributed by atoms with Gasteiger partial charge in [0, 0.05) is 18.8 Å². The average Bonchev–Trinajstić information content (AvgIpc) is 2.36. The molecule has 0 atom stereocenters. The maximum Gasteiger partial charge on any atom is 0.242 e. The Labute approximate surface area is 108 Å². The van der Waals surface area contributed by atoms with Gasteiger partial charge in [-0.3, -0.25) is 4.79 Å². The summed E-state index contributed by atoms with van der Waals surface area (Å²) in [7, 11) is 0. The fraction of sp³-hybridized carbons (Fsp3) is 0.500. The van der Waals surface area contributed by atoms with E-state index < -0.39 is 0 Å². The van der Waals surface area contributed by atoms with E-state index in [9.17, 15) is 4.79 Å². The monoisotopic (exact) mass is 248 g/mol. The van der Waals surface area contributed by atoms with Crippen LogP contribution in [0.4, 0.5) is 5.69 Å². The van der Waals surface area contributed by atoms with Gasteiger partial charge in [0.2, 0.25) is 5.91 Å². The second-order valence-electron chi connectivity index (χ2n) is 4.72. The molecule has 1 aliphatic rings. The number of nitrogens with one attached hydrogen (secondary N) is 1. The smallest absolute Gasteiger partial charge is 0.242 e. The molecule has 0 aromatic heterocycles. The highest BCUT2D eigenvalue weighted by Crippen LogP contribution is 2.13. The lowest BCUT2D eigenvalue weighted by Crippen LogP contribution is -2.43. The van der Waals surface area contributed by atoms with Crippen LogP contribution in [0.5, 0.6) is 0 Å². The largest absolute Gasteiger partial charge is 0.378 e. The van der Waals surface area contributed by atoms with Crippen LogP contribution in [0.25, 0.3) is 0 Å². The number of carbonyl (C=O) groups excluding carboxylic acids is 1. The van der Waals surface area contributed by atoms with E-state index >= 15 is 0 Å². The molecule has 0 saturated carbocycles. The van der Waals surface area contributed by atoms with Gasteiger partial charge >= 0.3 is 0 Å². The van der Waals surface area contributed by atoms with E-state index in [0.29, 0.717) is 32.8 Å². The van der Waals surface area contributed by atoms with Crippen molar-refractivity contribution in [2.24, 2.45) is 0 Å². The third kappa shape index (κ3) is 3.47. The quantitative estimate of drug-likeness (QED) is 0.883. The second kappa shape index (κ2) is 5.87. The first kappa shape index (κ1) is 12.9. The standard InChI is InChI=1S/C14H20N2O2/c1-11-7-12(2)9-13(8-11)15-10-14(17)16-3-5-18-6-4-16/h7-9,15H,3-6,10H2,1-2H3. The summed E-state index contributed by atoms with van der Waals surface area (Å²) in [4.78, 5) is 13.8. The highest BCUT2D eigenvalue weighted by molar-refractivity contribution is 5.81. The molecule has 0 radical (unpaired) electrons. The summed E-state index contributed by atoms with van der Waals surface area (Å²) in [6.45, 7) is 7.16. The molecule has 98 valence electrons. The number of amides is 1. The van der Waals surface area contributed by atoms with Crippen LogP contribution >= 0.6 is 0 Å². The van der Waals surface area contributed by atoms with E-state index in [0.717, 1.165) is 5.69 Å². The summed E-state index contributed by atoms with van der Waals surface area (Å²) in [5.41, 5.74) is 3.42. The predicted molar refractivity (Wildman–Crippen MR) is 71.8 cm³/mol. The van der Waals surface area contributed by atoms with E-state index in [4.69, 9.17) is 4.74 Å². The van der Waals surface area contributed by atoms with Crippen LogP contribution in [0.2, 0.25) is 0 Å². The molecule has 1 aromatic rings. The van der Waals surface area contributed by atoms with Crippen LogP contribution in [0.15, 0.2) is 18.2 Å². The minimum atomic E-state index is 0.137. The summed E-state index contributed by atoms with van der Waals surface area (Å²) in [5.74, 6) is 0.137. The predicted octanol–water partition coefficient (Wildman–Crippen LogP) is 1.57. The number of hydrogen-bond acceptors (Lipinski definition) is 3. The van der Waals surface area contributed by atoms with Crippen LogP contribution in [0.1, 0.15) is 11.1 Å². The van der Waals surface area contributed by atoms with Crippen molar-refractivity contribution in [2.45, 2.75) is 13.8 Å². The van der Waals surface area contributed by atoms with Crippen molar-refractivity contribution >= 4 is 11.6 Å². The number of morpholine rings is 1. The fourth-order valence-electron chi connectivity index (χ4n) is 2.18. The van der Waals surface area contributed by atoms with Gasteiger partial charge in [0.25, 0.3) is 0 Å². The third-order valence-electron chi connectivity index (χ3n) is 3.03. The summed E-state index contributed by atoms with van der Waals surface area (Å²) in [6.07, 6.45) is 0. The van der Waals surface area contributed by atoms with Crippen LogP contribution in [0, 0.1) is 13.8 Å². The molecule has 0 spiro atoms. The van der Waals surface area contributed by atoms with Crippen molar-refractivity contribution < 1.29 is 9.53 Å². The van der Waals surface area contributed by atoms with E-state index in [1.54, 1.807) is 0 Å². The molecule has 1 aromatic carbocycles. The number of ether oxygens (including phenoxy) is 1. The van der Waals surface area contributed by atoms with Crippen LogP contribution in [-0.4, -0.2) is 43.7 Å². The van der Waals surface area contributed by atoms with Gasteiger partial charge in [-0.2, -0.15) is 0 Å². The number of nitrogens with zero attached hydrogens (tertiary/aromatic N) is 1. The van der Waals surface area contributed by atoms with E-state index in [1.165, 1.54) is 11.1 Å². The molecule has 1 fully saturated rings. The first-order valence-corrected chi connectivity index (χ1v) is 6.33. The van der Waals surface area contributed by atoms with Crippen molar-refractivity contribution in [3.05, 3.63) is 29.3 Å². The molecular formula is C14H20N2O2. The lowest BCUT2D eigenvalue weighted by molar-refractivity contribution is -0.133. The van der Waals surface area contributed by atoms with E-state index in [1.807, 2.05) is 4.90 Å². The number of benzene rings is 1. The van der Waals surface area contributed by atoms with Crippen molar-refractivity contribution in [3.8, 4) is 0 Å². The van der Waals surface area contributed by atoms with Gasteiger partial charge in [0.1, 0.15) is 0 Å². The van der Waals surface area contributed by atoms with Crippen LogP contribution < -0.4 is 5.32 Å². The molecule has 1 aliphatic heterocycles. The Morgan fingerprint density at radius 1 is 1.22 bits per heavy atom. The van der Waals surface area contributed by atoms with Gasteiger partial charge < -0.3 is 15.0 Å².